The molecule has 15 aromatic carbocycles. The van der Waals surface area contributed by atoms with Gasteiger partial charge in [-0.05, 0) is 306 Å². The van der Waals surface area contributed by atoms with E-state index in [1.165, 1.54) is 153 Å². The lowest BCUT2D eigenvalue weighted by Gasteiger charge is -2.19. The van der Waals surface area contributed by atoms with Gasteiger partial charge in [-0.25, -0.2) is 0 Å². The SMILES string of the molecule is CC(C)(C)c1ccc2c(c1)c1cc(C(C)(C)C)ccc1n2-c1ccc2c(c1)c1cc(-n3c4ccc(C(C)(C)C)cc4c4cc(C(C)(C)C)ccc43)ccc1n2-c1ccc2c(c1)c1cc(-n3c4ccc(-n5c6ccc(C(C)(C)C)cc6c6cc(C(C)(C)C)ccc65)cc4c4cc(-n5c6ccc(C(C)(C)C)cc6c6cc(C(C)(C)C)ccc65)ccc43)ccc1n2-c1ccccc1. The molecule has 0 saturated carbocycles. The highest BCUT2D eigenvalue weighted by Crippen LogP contribution is 2.49. The zero-order valence-corrected chi connectivity index (χ0v) is 79.8. The van der Waals surface area contributed by atoms with Gasteiger partial charge in [0, 0.05) is 115 Å². The maximum absolute atomic E-state index is 2.55. The smallest absolute Gasteiger partial charge is 0.0542 e. The third kappa shape index (κ3) is 12.9. The molecule has 0 aliphatic carbocycles. The van der Waals surface area contributed by atoms with Crippen LogP contribution in [0.15, 0.2) is 285 Å². The van der Waals surface area contributed by atoms with E-state index in [9.17, 15) is 0 Å². The number of para-hydroxylation sites is 1. The topological polar surface area (TPSA) is 34.5 Å². The minimum atomic E-state index is -0.0367. The largest absolute Gasteiger partial charge is 0.309 e. The van der Waals surface area contributed by atoms with Gasteiger partial charge in [0.15, 0.2) is 0 Å². The number of aromatic nitrogens is 7. The molecule has 129 heavy (non-hydrogen) atoms. The van der Waals surface area contributed by atoms with Crippen LogP contribution in [0.2, 0.25) is 0 Å². The van der Waals surface area contributed by atoms with E-state index < -0.39 is 0 Å². The second kappa shape index (κ2) is 27.7. The Balaban J connectivity index is 0.792. The molecule has 0 unspecified atom stereocenters. The van der Waals surface area contributed by atoms with Gasteiger partial charge in [-0.1, -0.05) is 233 Å². The van der Waals surface area contributed by atoms with Crippen molar-refractivity contribution in [1.29, 1.82) is 0 Å². The van der Waals surface area contributed by atoms with Gasteiger partial charge in [0.1, 0.15) is 0 Å². The third-order valence-corrected chi connectivity index (χ3v) is 28.7. The molecule has 642 valence electrons. The Morgan fingerprint density at radius 3 is 0.364 bits per heavy atom. The zero-order valence-electron chi connectivity index (χ0n) is 79.8. The van der Waals surface area contributed by atoms with Crippen molar-refractivity contribution in [3.05, 3.63) is 330 Å². The molecule has 0 aliphatic rings. The quantitative estimate of drug-likeness (QED) is 0.152. The molecule has 0 spiro atoms. The summed E-state index contributed by atoms with van der Waals surface area (Å²) in [5, 5.41) is 17.2. The number of fused-ring (bicyclic) bond motifs is 21. The van der Waals surface area contributed by atoms with Crippen molar-refractivity contribution < 1.29 is 0 Å². The van der Waals surface area contributed by atoms with Gasteiger partial charge in [-0.3, -0.25) is 0 Å². The minimum absolute atomic E-state index is 0.0367. The van der Waals surface area contributed by atoms with E-state index in [1.54, 1.807) is 0 Å². The molecule has 0 bridgehead atoms. The van der Waals surface area contributed by atoms with Gasteiger partial charge in [0.05, 0.1) is 77.2 Å². The van der Waals surface area contributed by atoms with E-state index in [0.29, 0.717) is 0 Å². The Kier molecular flexibility index (Phi) is 17.5. The highest BCUT2D eigenvalue weighted by Gasteiger charge is 2.31. The predicted molar refractivity (Wildman–Crippen MR) is 556 cm³/mol. The maximum Gasteiger partial charge on any atom is 0.0542 e. The lowest BCUT2D eigenvalue weighted by Crippen LogP contribution is -2.10. The molecule has 0 saturated heterocycles. The fraction of sp³-hybridized carbons (Fsp3) is 0.262. The van der Waals surface area contributed by atoms with Crippen LogP contribution in [0.1, 0.15) is 211 Å². The molecule has 7 heteroatoms. The van der Waals surface area contributed by atoms with Crippen LogP contribution in [0.5, 0.6) is 0 Å². The predicted octanol–water partition coefficient (Wildman–Crippen LogP) is 33.7. The number of nitrogens with zero attached hydrogens (tertiary/aromatic N) is 7. The zero-order chi connectivity index (χ0) is 90.1. The van der Waals surface area contributed by atoms with Gasteiger partial charge < -0.3 is 32.0 Å². The van der Waals surface area contributed by atoms with Crippen LogP contribution in [0.4, 0.5) is 0 Å². The monoisotopic (exact) mass is 1680 g/mol. The summed E-state index contributed by atoms with van der Waals surface area (Å²) < 4.78 is 17.7. The van der Waals surface area contributed by atoms with Gasteiger partial charge in [0.2, 0.25) is 0 Å². The van der Waals surface area contributed by atoms with Crippen molar-refractivity contribution in [2.24, 2.45) is 0 Å². The Morgan fingerprint density at radius 1 is 0.116 bits per heavy atom. The van der Waals surface area contributed by atoms with Crippen LogP contribution in [-0.4, -0.2) is 32.0 Å². The third-order valence-electron chi connectivity index (χ3n) is 28.7. The van der Waals surface area contributed by atoms with Gasteiger partial charge in [-0.15, -0.1) is 0 Å². The second-order valence-electron chi connectivity index (χ2n) is 45.7. The van der Waals surface area contributed by atoms with Crippen LogP contribution in [0, 0.1) is 0 Å². The Labute approximate surface area is 758 Å². The maximum atomic E-state index is 2.55. The second-order valence-corrected chi connectivity index (χ2v) is 45.7. The first kappa shape index (κ1) is 81.6. The molecule has 0 N–H and O–H groups in total. The summed E-state index contributed by atoms with van der Waals surface area (Å²) in [6.45, 7) is 55.9. The standard InChI is InChI=1S/C122H119N7/c1-115(2,3)72-30-44-101-87(58-72)88-59-73(116(4,5)6)31-45-102(88)124(101)81-40-54-111-97(68-81)98-69-82(125-103-46-32-74(117(7,8)9)60-89(103)90-61-75(118(10,11)12)33-47-104(90)125)41-55-112(98)128(111)85-38-52-109-95(66-85)96-67-86(39-53-110(96)123(109)80-28-26-25-27-29-80)129-113-56-42-83(126-105-48-34-76(119(13,14)15)62-91(105)92-63-77(120(16,17)18)35-49-106(92)126)70-99(113)100-71-84(43-57-114(100)129)127-107-50-36-78(121(19,20)21)64-93(107)94-65-79(122(22,23)24)37-51-108(94)127/h25-71H,1-24H3. The Morgan fingerprint density at radius 2 is 0.233 bits per heavy atom. The molecule has 7 nitrogen and oxygen atoms in total. The summed E-state index contributed by atoms with van der Waals surface area (Å²) in [6.07, 6.45) is 0. The number of hydrogen-bond acceptors (Lipinski definition) is 0. The molecular formula is C122H119N7. The summed E-state index contributed by atoms with van der Waals surface area (Å²) >= 11 is 0. The van der Waals surface area contributed by atoms with E-state index in [2.05, 4.69) is 483 Å². The first-order chi connectivity index (χ1) is 61.0. The van der Waals surface area contributed by atoms with Crippen molar-refractivity contribution in [2.75, 3.05) is 0 Å². The van der Waals surface area contributed by atoms with Crippen LogP contribution in [0.25, 0.3) is 192 Å². The molecule has 7 aromatic heterocycles. The number of benzene rings is 15. The minimum Gasteiger partial charge on any atom is -0.309 e. The lowest BCUT2D eigenvalue weighted by atomic mass is 9.85. The average Bonchev–Trinajstić information content (AvgIpc) is 1.53. The van der Waals surface area contributed by atoms with Crippen molar-refractivity contribution in [1.82, 2.24) is 32.0 Å². The van der Waals surface area contributed by atoms with Gasteiger partial charge in [-0.2, -0.15) is 0 Å². The first-order valence-corrected chi connectivity index (χ1v) is 46.7. The molecule has 0 fully saturated rings. The molecule has 0 radical (unpaired) electrons. The number of hydrogen-bond donors (Lipinski definition) is 0. The summed E-state index contributed by atoms with van der Waals surface area (Å²) in [4.78, 5) is 0. The van der Waals surface area contributed by atoms with Gasteiger partial charge in [0.25, 0.3) is 0 Å². The highest BCUT2D eigenvalue weighted by molar-refractivity contribution is 6.19. The summed E-state index contributed by atoms with van der Waals surface area (Å²) in [7, 11) is 0. The van der Waals surface area contributed by atoms with E-state index in [4.69, 9.17) is 0 Å². The molecule has 0 amide bonds. The summed E-state index contributed by atoms with van der Waals surface area (Å²) in [6, 6.07) is 112. The average molecular weight is 1680 g/mol. The summed E-state index contributed by atoms with van der Waals surface area (Å²) in [5.41, 5.74) is 34.5. The van der Waals surface area contributed by atoms with E-state index in [0.717, 1.165) is 83.7 Å². The van der Waals surface area contributed by atoms with Crippen LogP contribution in [0.3, 0.4) is 0 Å². The van der Waals surface area contributed by atoms with Crippen molar-refractivity contribution in [2.45, 2.75) is 209 Å². The van der Waals surface area contributed by atoms with Crippen LogP contribution < -0.4 is 0 Å². The fourth-order valence-electron chi connectivity index (χ4n) is 21.2. The van der Waals surface area contributed by atoms with Crippen molar-refractivity contribution in [3.63, 3.8) is 0 Å². The molecule has 22 aromatic rings. The Hall–Kier alpha value is -13.1. The molecule has 0 atom stereocenters. The molecule has 7 heterocycles. The lowest BCUT2D eigenvalue weighted by molar-refractivity contribution is 0.590. The van der Waals surface area contributed by atoms with Crippen LogP contribution >= 0.6 is 0 Å². The van der Waals surface area contributed by atoms with E-state index in [1.807, 2.05) is 0 Å². The van der Waals surface area contributed by atoms with Crippen molar-refractivity contribution >= 4 is 153 Å². The van der Waals surface area contributed by atoms with Crippen LogP contribution in [-0.2, 0) is 43.3 Å². The highest BCUT2D eigenvalue weighted by atomic mass is 15.0. The molecule has 0 aliphatic heterocycles. The first-order valence-electron chi connectivity index (χ1n) is 46.7. The molecule has 22 rings (SSSR count). The number of rotatable bonds is 7. The normalized spacial score (nSPS) is 13.4. The fourth-order valence-corrected chi connectivity index (χ4v) is 21.2. The molecular weight excluding hydrogens is 1560 g/mol. The van der Waals surface area contributed by atoms with Crippen molar-refractivity contribution in [3.8, 4) is 39.8 Å². The summed E-state index contributed by atoms with van der Waals surface area (Å²) in [5.74, 6) is 0. The Bertz CT molecular complexity index is 7350. The van der Waals surface area contributed by atoms with E-state index >= 15 is 0 Å². The van der Waals surface area contributed by atoms with E-state index in [-0.39, 0.29) is 43.3 Å². The van der Waals surface area contributed by atoms with Gasteiger partial charge >= 0.3 is 0 Å².